The molecule has 1 aromatic rings. The molecule has 0 amide bonds. The Bertz CT molecular complexity index is 555. The number of β-amino-alcohol motifs (C(OH)–C–C–N with tert-alkyl or cyclic N) is 1. The van der Waals surface area contributed by atoms with Crippen LogP contribution in [-0.4, -0.2) is 48.0 Å². The first-order valence-electron chi connectivity index (χ1n) is 6.78. The van der Waals surface area contributed by atoms with Crippen LogP contribution in [0.5, 0.6) is 0 Å². The van der Waals surface area contributed by atoms with Crippen LogP contribution in [0.15, 0.2) is 23.2 Å². The fraction of sp³-hybridized carbons (Fsp3) is 0.615. The predicted molar refractivity (Wildman–Crippen MR) is 77.0 cm³/mol. The summed E-state index contributed by atoms with van der Waals surface area (Å²) in [6.45, 7) is 4.97. The SMILES string of the molecule is CCCNc1ccc(S(=O)(=O)N2CCC(C)(O)C2)cn1. The molecule has 0 spiro atoms. The average Bonchev–Trinajstić information content (AvgIpc) is 2.78. The van der Waals surface area contributed by atoms with Gasteiger partial charge in [0.05, 0.1) is 5.60 Å². The van der Waals surface area contributed by atoms with Crippen LogP contribution in [0.3, 0.4) is 0 Å². The van der Waals surface area contributed by atoms with Gasteiger partial charge in [0.15, 0.2) is 0 Å². The number of pyridine rings is 1. The Morgan fingerprint density at radius 2 is 2.25 bits per heavy atom. The van der Waals surface area contributed by atoms with E-state index in [-0.39, 0.29) is 11.4 Å². The summed E-state index contributed by atoms with van der Waals surface area (Å²) in [7, 11) is -3.56. The molecule has 7 heteroatoms. The molecule has 0 radical (unpaired) electrons. The molecule has 20 heavy (non-hydrogen) atoms. The molecule has 0 bridgehead atoms. The minimum atomic E-state index is -3.56. The number of hydrogen-bond donors (Lipinski definition) is 2. The van der Waals surface area contributed by atoms with Crippen LogP contribution in [0.25, 0.3) is 0 Å². The zero-order chi connectivity index (χ0) is 14.8. The van der Waals surface area contributed by atoms with Crippen LogP contribution < -0.4 is 5.32 Å². The molecule has 1 saturated heterocycles. The Morgan fingerprint density at radius 1 is 1.50 bits per heavy atom. The third-order valence-electron chi connectivity index (χ3n) is 3.35. The van der Waals surface area contributed by atoms with Crippen LogP contribution in [0.1, 0.15) is 26.7 Å². The van der Waals surface area contributed by atoms with Crippen LogP contribution >= 0.6 is 0 Å². The summed E-state index contributed by atoms with van der Waals surface area (Å²) < 4.78 is 26.1. The van der Waals surface area contributed by atoms with E-state index in [1.165, 1.54) is 10.5 Å². The van der Waals surface area contributed by atoms with Crippen molar-refractivity contribution in [3.63, 3.8) is 0 Å². The van der Waals surface area contributed by atoms with Crippen LogP contribution in [0.2, 0.25) is 0 Å². The Kier molecular flexibility index (Phi) is 4.31. The molecule has 0 aromatic carbocycles. The van der Waals surface area contributed by atoms with Gasteiger partial charge in [-0.15, -0.1) is 0 Å². The van der Waals surface area contributed by atoms with Crippen molar-refractivity contribution in [2.45, 2.75) is 37.2 Å². The van der Waals surface area contributed by atoms with Gasteiger partial charge in [0.1, 0.15) is 10.7 Å². The van der Waals surface area contributed by atoms with Crippen molar-refractivity contribution in [2.75, 3.05) is 25.0 Å². The fourth-order valence-electron chi connectivity index (χ4n) is 2.15. The van der Waals surface area contributed by atoms with Gasteiger partial charge in [-0.25, -0.2) is 13.4 Å². The smallest absolute Gasteiger partial charge is 0.244 e. The lowest BCUT2D eigenvalue weighted by Gasteiger charge is -2.18. The second-order valence-electron chi connectivity index (χ2n) is 5.39. The zero-order valence-corrected chi connectivity index (χ0v) is 12.7. The standard InChI is InChI=1S/C13H21N3O3S/c1-3-7-14-12-5-4-11(9-15-12)20(18,19)16-8-6-13(2,17)10-16/h4-5,9,17H,3,6-8,10H2,1-2H3,(H,14,15). The molecule has 2 N–H and O–H groups in total. The van der Waals surface area contributed by atoms with Crippen LogP contribution in [0, 0.1) is 0 Å². The van der Waals surface area contributed by atoms with E-state index in [2.05, 4.69) is 10.3 Å². The van der Waals surface area contributed by atoms with Crippen LogP contribution in [0.4, 0.5) is 5.82 Å². The summed E-state index contributed by atoms with van der Waals surface area (Å²) in [4.78, 5) is 4.27. The quantitative estimate of drug-likeness (QED) is 0.849. The molecule has 0 saturated carbocycles. The first-order valence-corrected chi connectivity index (χ1v) is 8.22. The maximum atomic E-state index is 12.4. The van der Waals surface area contributed by atoms with Crippen molar-refractivity contribution >= 4 is 15.8 Å². The number of nitrogens with one attached hydrogen (secondary N) is 1. The Hall–Kier alpha value is -1.18. The van der Waals surface area contributed by atoms with Crippen molar-refractivity contribution < 1.29 is 13.5 Å². The van der Waals surface area contributed by atoms with Crippen LogP contribution in [-0.2, 0) is 10.0 Å². The van der Waals surface area contributed by atoms with Crippen molar-refractivity contribution in [1.29, 1.82) is 0 Å². The van der Waals surface area contributed by atoms with Crippen molar-refractivity contribution in [1.82, 2.24) is 9.29 Å². The molecule has 1 aliphatic heterocycles. The van der Waals surface area contributed by atoms with E-state index in [1.807, 2.05) is 6.92 Å². The van der Waals surface area contributed by atoms with E-state index in [4.69, 9.17) is 0 Å². The Balaban J connectivity index is 2.14. The van der Waals surface area contributed by atoms with E-state index in [1.54, 1.807) is 19.1 Å². The molecule has 2 heterocycles. The number of aliphatic hydroxyl groups is 1. The lowest BCUT2D eigenvalue weighted by Crippen LogP contribution is -2.34. The third kappa shape index (κ3) is 3.28. The molecule has 1 aliphatic rings. The van der Waals surface area contributed by atoms with Crippen molar-refractivity contribution in [3.8, 4) is 0 Å². The number of rotatable bonds is 5. The van der Waals surface area contributed by atoms with Gasteiger partial charge in [-0.2, -0.15) is 4.31 Å². The molecule has 6 nitrogen and oxygen atoms in total. The van der Waals surface area contributed by atoms with Gasteiger partial charge in [-0.05, 0) is 31.9 Å². The van der Waals surface area contributed by atoms with Gasteiger partial charge < -0.3 is 10.4 Å². The van der Waals surface area contributed by atoms with E-state index < -0.39 is 15.6 Å². The average molecular weight is 299 g/mol. The largest absolute Gasteiger partial charge is 0.389 e. The summed E-state index contributed by atoms with van der Waals surface area (Å²) in [5.41, 5.74) is -0.941. The van der Waals surface area contributed by atoms with E-state index in [0.717, 1.165) is 13.0 Å². The number of aromatic nitrogens is 1. The summed E-state index contributed by atoms with van der Waals surface area (Å²) in [6, 6.07) is 3.21. The fourth-order valence-corrected chi connectivity index (χ4v) is 3.65. The van der Waals surface area contributed by atoms with E-state index >= 15 is 0 Å². The van der Waals surface area contributed by atoms with Gasteiger partial charge in [-0.1, -0.05) is 6.92 Å². The van der Waals surface area contributed by atoms with E-state index in [0.29, 0.717) is 18.8 Å². The summed E-state index contributed by atoms with van der Waals surface area (Å²) in [6.07, 6.45) is 2.79. The number of sulfonamides is 1. The molecule has 1 atom stereocenters. The lowest BCUT2D eigenvalue weighted by atomic mass is 10.1. The molecule has 112 valence electrons. The second kappa shape index (κ2) is 5.67. The normalized spacial score (nSPS) is 23.9. The van der Waals surface area contributed by atoms with E-state index in [9.17, 15) is 13.5 Å². The molecular weight excluding hydrogens is 278 g/mol. The monoisotopic (exact) mass is 299 g/mol. The topological polar surface area (TPSA) is 82.5 Å². The summed E-state index contributed by atoms with van der Waals surface area (Å²) in [5, 5.41) is 13.0. The first-order chi connectivity index (χ1) is 9.35. The number of hydrogen-bond acceptors (Lipinski definition) is 5. The number of nitrogens with zero attached hydrogens (tertiary/aromatic N) is 2. The highest BCUT2D eigenvalue weighted by molar-refractivity contribution is 7.89. The van der Waals surface area contributed by atoms with Gasteiger partial charge in [-0.3, -0.25) is 0 Å². The highest BCUT2D eigenvalue weighted by Crippen LogP contribution is 2.26. The summed E-state index contributed by atoms with van der Waals surface area (Å²) >= 11 is 0. The van der Waals surface area contributed by atoms with Gasteiger partial charge >= 0.3 is 0 Å². The molecule has 1 unspecified atom stereocenters. The summed E-state index contributed by atoms with van der Waals surface area (Å²) in [5.74, 6) is 0.666. The zero-order valence-electron chi connectivity index (χ0n) is 11.8. The Morgan fingerprint density at radius 3 is 2.75 bits per heavy atom. The Labute approximate surface area is 119 Å². The first kappa shape index (κ1) is 15.2. The molecule has 1 aromatic heterocycles. The molecule has 2 rings (SSSR count). The molecule has 0 aliphatic carbocycles. The molecular formula is C13H21N3O3S. The highest BCUT2D eigenvalue weighted by Gasteiger charge is 2.38. The minimum Gasteiger partial charge on any atom is -0.389 e. The second-order valence-corrected chi connectivity index (χ2v) is 7.33. The minimum absolute atomic E-state index is 0.130. The third-order valence-corrected chi connectivity index (χ3v) is 5.18. The predicted octanol–water partition coefficient (Wildman–Crippen LogP) is 1.05. The van der Waals surface area contributed by atoms with Gasteiger partial charge in [0.2, 0.25) is 10.0 Å². The number of anilines is 1. The maximum absolute atomic E-state index is 12.4. The molecule has 1 fully saturated rings. The highest BCUT2D eigenvalue weighted by atomic mass is 32.2. The van der Waals surface area contributed by atoms with Gasteiger partial charge in [0, 0.05) is 25.8 Å². The van der Waals surface area contributed by atoms with Crippen molar-refractivity contribution in [2.24, 2.45) is 0 Å². The van der Waals surface area contributed by atoms with Gasteiger partial charge in [0.25, 0.3) is 0 Å². The lowest BCUT2D eigenvalue weighted by molar-refractivity contribution is 0.0762. The van der Waals surface area contributed by atoms with Crippen molar-refractivity contribution in [3.05, 3.63) is 18.3 Å². The maximum Gasteiger partial charge on any atom is 0.244 e.